The van der Waals surface area contributed by atoms with E-state index in [0.29, 0.717) is 9.79 Å². The molecule has 0 aromatic heterocycles. The van der Waals surface area contributed by atoms with Gasteiger partial charge in [-0.15, -0.1) is 0 Å². The van der Waals surface area contributed by atoms with Gasteiger partial charge in [-0.05, 0) is 48.5 Å². The van der Waals surface area contributed by atoms with Crippen molar-refractivity contribution in [3.8, 4) is 0 Å². The molecule has 2 rings (SSSR count). The van der Waals surface area contributed by atoms with Crippen LogP contribution < -0.4 is 0 Å². The van der Waals surface area contributed by atoms with E-state index in [2.05, 4.69) is 0 Å². The Balaban J connectivity index is 2.19. The first-order valence-corrected chi connectivity index (χ1v) is 9.09. The summed E-state index contributed by atoms with van der Waals surface area (Å²) in [5.41, 5.74) is 0. The lowest BCUT2D eigenvalue weighted by atomic mass is 10.4. The van der Waals surface area contributed by atoms with Crippen LogP contribution in [0.1, 0.15) is 0 Å². The van der Waals surface area contributed by atoms with Crippen LogP contribution in [0.4, 0.5) is 0 Å². The topological polar surface area (TPSA) is 114 Å². The molecule has 0 radical (unpaired) electrons. The lowest BCUT2D eigenvalue weighted by Gasteiger charge is -2.09. The van der Waals surface area contributed by atoms with Crippen LogP contribution in [0.2, 0.25) is 0 Å². The van der Waals surface area contributed by atoms with Crippen LogP contribution in [0.15, 0.2) is 68.1 Å². The lowest BCUT2D eigenvalue weighted by Crippen LogP contribution is -1.98. The van der Waals surface area contributed by atoms with E-state index >= 15 is 0 Å². The molecular weight excluding hydrogens is 336 g/mol. The second kappa shape index (κ2) is 5.78. The fraction of sp³-hybridized carbons (Fsp3) is 0. The Bertz CT molecular complexity index is 763. The molecule has 2 aromatic rings. The van der Waals surface area contributed by atoms with Crippen LogP contribution in [0.25, 0.3) is 0 Å². The molecule has 0 aliphatic rings. The summed E-state index contributed by atoms with van der Waals surface area (Å²) < 4.78 is 64.7. The van der Waals surface area contributed by atoms with Crippen molar-refractivity contribution in [1.82, 2.24) is 0 Å². The smallest absolute Gasteiger partial charge is 0.124 e. The molecule has 112 valence electrons. The minimum Gasteiger partial charge on any atom is -0.744 e. The number of rotatable bonds is 4. The maximum absolute atomic E-state index is 10.8. The average Bonchev–Trinajstić information content (AvgIpc) is 2.38. The summed E-state index contributed by atoms with van der Waals surface area (Å²) >= 11 is 1.23. The Morgan fingerprint density at radius 2 is 0.905 bits per heavy atom. The van der Waals surface area contributed by atoms with Crippen molar-refractivity contribution in [2.24, 2.45) is 0 Å². The first-order valence-electron chi connectivity index (χ1n) is 5.46. The molecule has 0 unspecified atom stereocenters. The Hall–Kier alpha value is -1.39. The Kier molecular flexibility index (Phi) is 4.40. The van der Waals surface area contributed by atoms with Crippen LogP contribution in [-0.4, -0.2) is 25.9 Å². The van der Waals surface area contributed by atoms with Gasteiger partial charge in [0.05, 0.1) is 9.79 Å². The third-order valence-corrected chi connectivity index (χ3v) is 5.18. The average molecular weight is 344 g/mol. The van der Waals surface area contributed by atoms with E-state index in [1.54, 1.807) is 0 Å². The van der Waals surface area contributed by atoms with Crippen molar-refractivity contribution < 1.29 is 25.9 Å². The molecule has 9 heteroatoms. The van der Waals surface area contributed by atoms with Crippen molar-refractivity contribution in [2.75, 3.05) is 0 Å². The molecular formula is C12H8O6S3-2. The molecule has 0 atom stereocenters. The van der Waals surface area contributed by atoms with E-state index in [4.69, 9.17) is 0 Å². The molecule has 2 aromatic carbocycles. The molecule has 0 heterocycles. The second-order valence-electron chi connectivity index (χ2n) is 3.95. The number of hydrogen-bond acceptors (Lipinski definition) is 7. The van der Waals surface area contributed by atoms with E-state index in [0.717, 1.165) is 0 Å². The standard InChI is InChI=1S/C12H10O6S3/c13-20(14,15)11-5-1-9(2-6-11)19-10-3-7-12(8-4-10)21(16,17)18/h1-8H,(H,13,14,15)(H,16,17,18)/p-2. The third-order valence-electron chi connectivity index (χ3n) is 2.46. The highest BCUT2D eigenvalue weighted by Gasteiger charge is 2.04. The zero-order valence-electron chi connectivity index (χ0n) is 10.3. The summed E-state index contributed by atoms with van der Waals surface area (Å²) in [5, 5.41) is 0. The van der Waals surface area contributed by atoms with Gasteiger partial charge < -0.3 is 9.11 Å². The maximum atomic E-state index is 10.8. The quantitative estimate of drug-likeness (QED) is 0.774. The third kappa shape index (κ3) is 4.29. The fourth-order valence-electron chi connectivity index (χ4n) is 1.48. The zero-order chi connectivity index (χ0) is 15.7. The Morgan fingerprint density at radius 3 is 1.14 bits per heavy atom. The first kappa shape index (κ1) is 16.0. The largest absolute Gasteiger partial charge is 0.744 e. The monoisotopic (exact) mass is 344 g/mol. The van der Waals surface area contributed by atoms with Gasteiger partial charge in [0.1, 0.15) is 20.2 Å². The Labute approximate surface area is 126 Å². The van der Waals surface area contributed by atoms with Crippen LogP contribution in [0.3, 0.4) is 0 Å². The maximum Gasteiger partial charge on any atom is 0.124 e. The molecule has 0 aliphatic heterocycles. The van der Waals surface area contributed by atoms with Gasteiger partial charge in [-0.1, -0.05) is 11.8 Å². The summed E-state index contributed by atoms with van der Waals surface area (Å²) in [5.74, 6) is 0. The van der Waals surface area contributed by atoms with E-state index in [-0.39, 0.29) is 9.79 Å². The number of benzene rings is 2. The number of hydrogen-bond donors (Lipinski definition) is 0. The lowest BCUT2D eigenvalue weighted by molar-refractivity contribution is 0.461. The molecule has 0 N–H and O–H groups in total. The predicted octanol–water partition coefficient (Wildman–Crippen LogP) is 1.65. The van der Waals surface area contributed by atoms with Gasteiger partial charge in [0.15, 0.2) is 0 Å². The highest BCUT2D eigenvalue weighted by molar-refractivity contribution is 7.99. The molecule has 0 fully saturated rings. The van der Waals surface area contributed by atoms with Crippen LogP contribution in [-0.2, 0) is 20.2 Å². The first-order chi connectivity index (χ1) is 9.66. The van der Waals surface area contributed by atoms with Gasteiger partial charge in [0, 0.05) is 9.79 Å². The van der Waals surface area contributed by atoms with E-state index in [1.165, 1.54) is 60.3 Å². The second-order valence-corrected chi connectivity index (χ2v) is 7.86. The normalized spacial score (nSPS) is 12.3. The van der Waals surface area contributed by atoms with Gasteiger partial charge >= 0.3 is 0 Å². The Morgan fingerprint density at radius 1 is 0.619 bits per heavy atom. The molecule has 0 saturated carbocycles. The molecule has 0 bridgehead atoms. The summed E-state index contributed by atoms with van der Waals surface area (Å²) in [4.78, 5) is 0.694. The molecule has 0 spiro atoms. The highest BCUT2D eigenvalue weighted by Crippen LogP contribution is 2.29. The molecule has 0 saturated heterocycles. The van der Waals surface area contributed by atoms with Crippen LogP contribution in [0.5, 0.6) is 0 Å². The van der Waals surface area contributed by atoms with Gasteiger partial charge in [-0.2, -0.15) is 0 Å². The van der Waals surface area contributed by atoms with Crippen molar-refractivity contribution >= 4 is 32.0 Å². The van der Waals surface area contributed by atoms with Gasteiger partial charge in [-0.3, -0.25) is 0 Å². The fourth-order valence-corrected chi connectivity index (χ4v) is 3.24. The summed E-state index contributed by atoms with van der Waals surface area (Å²) in [6, 6.07) is 10.6. The van der Waals surface area contributed by atoms with E-state index in [1.807, 2.05) is 0 Å². The summed E-state index contributed by atoms with van der Waals surface area (Å²) in [6.07, 6.45) is 0. The molecule has 0 amide bonds. The molecule has 21 heavy (non-hydrogen) atoms. The minimum atomic E-state index is -4.48. The van der Waals surface area contributed by atoms with Gasteiger partial charge in [0.25, 0.3) is 0 Å². The predicted molar refractivity (Wildman–Crippen MR) is 72.9 cm³/mol. The van der Waals surface area contributed by atoms with Gasteiger partial charge in [0.2, 0.25) is 0 Å². The molecule has 6 nitrogen and oxygen atoms in total. The van der Waals surface area contributed by atoms with E-state index < -0.39 is 20.2 Å². The minimum absolute atomic E-state index is 0.320. The zero-order valence-corrected chi connectivity index (χ0v) is 12.7. The SMILES string of the molecule is O=S(=O)([O-])c1ccc(Sc2ccc(S(=O)(=O)[O-])cc2)cc1. The van der Waals surface area contributed by atoms with E-state index in [9.17, 15) is 25.9 Å². The van der Waals surface area contributed by atoms with Crippen molar-refractivity contribution in [1.29, 1.82) is 0 Å². The highest BCUT2D eigenvalue weighted by atomic mass is 32.2. The summed E-state index contributed by atoms with van der Waals surface area (Å²) in [6.45, 7) is 0. The van der Waals surface area contributed by atoms with Crippen molar-refractivity contribution in [3.63, 3.8) is 0 Å². The summed E-state index contributed by atoms with van der Waals surface area (Å²) in [7, 11) is -8.95. The van der Waals surface area contributed by atoms with Gasteiger partial charge in [-0.25, -0.2) is 16.8 Å². The van der Waals surface area contributed by atoms with Crippen LogP contribution >= 0.6 is 11.8 Å². The van der Waals surface area contributed by atoms with Crippen molar-refractivity contribution in [3.05, 3.63) is 48.5 Å². The molecule has 0 aliphatic carbocycles. The van der Waals surface area contributed by atoms with Crippen LogP contribution in [0, 0.1) is 0 Å². The van der Waals surface area contributed by atoms with Crippen molar-refractivity contribution in [2.45, 2.75) is 19.6 Å².